The van der Waals surface area contributed by atoms with Crippen molar-refractivity contribution in [1.29, 1.82) is 0 Å². The molecule has 1 atom stereocenters. The topological polar surface area (TPSA) is 49.4 Å². The van der Waals surface area contributed by atoms with Crippen LogP contribution in [0.2, 0.25) is 19.6 Å². The van der Waals surface area contributed by atoms with Gasteiger partial charge >= 0.3 is 0 Å². The molecule has 17 heavy (non-hydrogen) atoms. The van der Waals surface area contributed by atoms with Crippen molar-refractivity contribution >= 4 is 19.9 Å². The summed E-state index contributed by atoms with van der Waals surface area (Å²) in [5, 5.41) is 2.80. The van der Waals surface area contributed by atoms with E-state index in [-0.39, 0.29) is 11.8 Å². The van der Waals surface area contributed by atoms with Gasteiger partial charge in [0.25, 0.3) is 0 Å². The Balaban J connectivity index is 2.65. The van der Waals surface area contributed by atoms with E-state index in [0.717, 1.165) is 6.17 Å². The van der Waals surface area contributed by atoms with E-state index < -0.39 is 13.5 Å². The fourth-order valence-corrected chi connectivity index (χ4v) is 3.85. The Morgan fingerprint density at radius 2 is 2.06 bits per heavy atom. The highest BCUT2D eigenvalue weighted by Gasteiger charge is 2.39. The maximum absolute atomic E-state index is 12.4. The van der Waals surface area contributed by atoms with Crippen molar-refractivity contribution in [3.05, 3.63) is 0 Å². The summed E-state index contributed by atoms with van der Waals surface area (Å²) >= 11 is 0. The Kier molecular flexibility index (Phi) is 4.01. The SMILES string of the molecule is CN(C[Si](C)(C)C)C(=O)C1(C)CCC(=O)NC1. The van der Waals surface area contributed by atoms with E-state index in [1.807, 2.05) is 18.9 Å². The number of rotatable bonds is 3. The third-order valence-electron chi connectivity index (χ3n) is 3.15. The van der Waals surface area contributed by atoms with Gasteiger partial charge in [-0.25, -0.2) is 0 Å². The highest BCUT2D eigenvalue weighted by atomic mass is 28.3. The van der Waals surface area contributed by atoms with Crippen LogP contribution >= 0.6 is 0 Å². The van der Waals surface area contributed by atoms with Gasteiger partial charge < -0.3 is 10.2 Å². The van der Waals surface area contributed by atoms with Crippen molar-refractivity contribution < 1.29 is 9.59 Å². The standard InChI is InChI=1S/C12H24N2O2Si/c1-12(7-6-10(15)13-8-12)11(16)14(2)9-17(3,4)5/h6-9H2,1-5H3,(H,13,15). The summed E-state index contributed by atoms with van der Waals surface area (Å²) in [5.41, 5.74) is -0.414. The normalized spacial score (nSPS) is 25.4. The predicted molar refractivity (Wildman–Crippen MR) is 71.3 cm³/mol. The molecule has 0 aliphatic carbocycles. The number of nitrogens with zero attached hydrogens (tertiary/aromatic N) is 1. The summed E-state index contributed by atoms with van der Waals surface area (Å²) < 4.78 is 0. The minimum atomic E-state index is -1.28. The van der Waals surface area contributed by atoms with Gasteiger partial charge in [0.2, 0.25) is 11.8 Å². The fraction of sp³-hybridized carbons (Fsp3) is 0.833. The van der Waals surface area contributed by atoms with E-state index in [9.17, 15) is 9.59 Å². The quantitative estimate of drug-likeness (QED) is 0.772. The van der Waals surface area contributed by atoms with Crippen LogP contribution in [0, 0.1) is 5.41 Å². The van der Waals surface area contributed by atoms with Crippen LogP contribution in [0.4, 0.5) is 0 Å². The minimum absolute atomic E-state index is 0.0584. The van der Waals surface area contributed by atoms with Crippen LogP contribution in [0.15, 0.2) is 0 Å². The Morgan fingerprint density at radius 1 is 1.47 bits per heavy atom. The molecular formula is C12H24N2O2Si. The number of carbonyl (C=O) groups is 2. The molecular weight excluding hydrogens is 232 g/mol. The second kappa shape index (κ2) is 4.80. The van der Waals surface area contributed by atoms with Crippen molar-refractivity contribution in [3.8, 4) is 0 Å². The number of nitrogens with one attached hydrogen (secondary N) is 1. The molecule has 1 saturated heterocycles. The summed E-state index contributed by atoms with van der Waals surface area (Å²) in [6.07, 6.45) is 1.99. The van der Waals surface area contributed by atoms with E-state index in [2.05, 4.69) is 25.0 Å². The molecule has 0 bridgehead atoms. The molecule has 0 aromatic heterocycles. The Hall–Kier alpha value is -0.843. The monoisotopic (exact) mass is 256 g/mol. The summed E-state index contributed by atoms with van der Waals surface area (Å²) in [6.45, 7) is 9.18. The van der Waals surface area contributed by atoms with Crippen molar-refractivity contribution in [2.45, 2.75) is 39.4 Å². The molecule has 0 spiro atoms. The van der Waals surface area contributed by atoms with E-state index >= 15 is 0 Å². The Bertz CT molecular complexity index is 313. The van der Waals surface area contributed by atoms with Crippen LogP contribution in [0.5, 0.6) is 0 Å². The van der Waals surface area contributed by atoms with E-state index in [0.29, 0.717) is 19.4 Å². The Morgan fingerprint density at radius 3 is 2.47 bits per heavy atom. The molecule has 5 heteroatoms. The van der Waals surface area contributed by atoms with Crippen LogP contribution in [-0.2, 0) is 9.59 Å². The van der Waals surface area contributed by atoms with Gasteiger partial charge in [0.15, 0.2) is 0 Å². The van der Waals surface area contributed by atoms with Gasteiger partial charge in [-0.2, -0.15) is 0 Å². The molecule has 4 nitrogen and oxygen atoms in total. The first-order valence-corrected chi connectivity index (χ1v) is 9.87. The lowest BCUT2D eigenvalue weighted by atomic mass is 9.81. The molecule has 0 saturated carbocycles. The summed E-state index contributed by atoms with van der Waals surface area (Å²) in [4.78, 5) is 25.4. The third-order valence-corrected chi connectivity index (χ3v) is 4.58. The van der Waals surface area contributed by atoms with Gasteiger partial charge in [0, 0.05) is 26.2 Å². The van der Waals surface area contributed by atoms with Crippen molar-refractivity contribution in [2.75, 3.05) is 19.8 Å². The van der Waals surface area contributed by atoms with Crippen LogP contribution in [0.25, 0.3) is 0 Å². The number of hydrogen-bond acceptors (Lipinski definition) is 2. The van der Waals surface area contributed by atoms with Gasteiger partial charge in [-0.3, -0.25) is 9.59 Å². The van der Waals surface area contributed by atoms with E-state index in [4.69, 9.17) is 0 Å². The second-order valence-electron chi connectivity index (χ2n) is 6.56. The zero-order valence-corrected chi connectivity index (χ0v) is 12.6. The lowest BCUT2D eigenvalue weighted by molar-refractivity contribution is -0.142. The number of carbonyl (C=O) groups excluding carboxylic acids is 2. The molecule has 98 valence electrons. The Labute approximate surface area is 105 Å². The summed E-state index contributed by atoms with van der Waals surface area (Å²) in [6, 6.07) is 0. The molecule has 1 N–H and O–H groups in total. The molecule has 1 aliphatic rings. The average molecular weight is 256 g/mol. The van der Waals surface area contributed by atoms with Crippen molar-refractivity contribution in [3.63, 3.8) is 0 Å². The van der Waals surface area contributed by atoms with Crippen LogP contribution < -0.4 is 5.32 Å². The minimum Gasteiger partial charge on any atom is -0.355 e. The van der Waals surface area contributed by atoms with Crippen LogP contribution in [0.1, 0.15) is 19.8 Å². The lowest BCUT2D eigenvalue weighted by Crippen LogP contribution is -2.53. The first-order chi connectivity index (χ1) is 7.64. The van der Waals surface area contributed by atoms with Gasteiger partial charge in [-0.15, -0.1) is 0 Å². The molecule has 1 heterocycles. The first-order valence-electron chi connectivity index (χ1n) is 6.16. The maximum Gasteiger partial charge on any atom is 0.229 e. The first kappa shape index (κ1) is 14.2. The molecule has 0 aromatic rings. The third kappa shape index (κ3) is 3.83. The zero-order chi connectivity index (χ0) is 13.3. The molecule has 1 unspecified atom stereocenters. The van der Waals surface area contributed by atoms with Crippen LogP contribution in [-0.4, -0.2) is 44.5 Å². The molecule has 2 amide bonds. The highest BCUT2D eigenvalue weighted by molar-refractivity contribution is 6.76. The van der Waals surface area contributed by atoms with E-state index in [1.165, 1.54) is 0 Å². The number of hydrogen-bond donors (Lipinski definition) is 1. The van der Waals surface area contributed by atoms with Crippen LogP contribution in [0.3, 0.4) is 0 Å². The maximum atomic E-state index is 12.4. The van der Waals surface area contributed by atoms with Crippen molar-refractivity contribution in [2.24, 2.45) is 5.41 Å². The molecule has 1 rings (SSSR count). The number of amides is 2. The van der Waals surface area contributed by atoms with Gasteiger partial charge in [0.05, 0.1) is 13.5 Å². The lowest BCUT2D eigenvalue weighted by Gasteiger charge is -2.37. The smallest absolute Gasteiger partial charge is 0.229 e. The fourth-order valence-electron chi connectivity index (χ4n) is 2.29. The summed E-state index contributed by atoms with van der Waals surface area (Å²) in [7, 11) is 0.602. The van der Waals surface area contributed by atoms with Gasteiger partial charge in [-0.05, 0) is 13.3 Å². The van der Waals surface area contributed by atoms with Gasteiger partial charge in [-0.1, -0.05) is 19.6 Å². The van der Waals surface area contributed by atoms with Gasteiger partial charge in [0.1, 0.15) is 0 Å². The van der Waals surface area contributed by atoms with E-state index in [1.54, 1.807) is 0 Å². The zero-order valence-electron chi connectivity index (χ0n) is 11.6. The second-order valence-corrected chi connectivity index (χ2v) is 12.0. The number of piperidine rings is 1. The predicted octanol–water partition coefficient (Wildman–Crippen LogP) is 1.24. The summed E-state index contributed by atoms with van der Waals surface area (Å²) in [5.74, 6) is 0.225. The molecule has 0 aromatic carbocycles. The molecule has 1 aliphatic heterocycles. The molecule has 1 fully saturated rings. The van der Waals surface area contributed by atoms with Crippen molar-refractivity contribution in [1.82, 2.24) is 10.2 Å². The average Bonchev–Trinajstić information content (AvgIpc) is 2.19. The molecule has 0 radical (unpaired) electrons. The largest absolute Gasteiger partial charge is 0.355 e. The highest BCUT2D eigenvalue weighted by Crippen LogP contribution is 2.28.